The topological polar surface area (TPSA) is 68.5 Å². The van der Waals surface area contributed by atoms with E-state index in [9.17, 15) is 4.79 Å². The smallest absolute Gasteiger partial charge is 0.260 e. The fourth-order valence-corrected chi connectivity index (χ4v) is 3.08. The van der Waals surface area contributed by atoms with Crippen molar-refractivity contribution in [1.29, 1.82) is 0 Å². The highest BCUT2D eigenvalue weighted by molar-refractivity contribution is 6.33. The summed E-state index contributed by atoms with van der Waals surface area (Å²) in [5.74, 6) is 1.58. The second-order valence-electron chi connectivity index (χ2n) is 7.23. The average Bonchev–Trinajstić information content (AvgIpc) is 3.14. The van der Waals surface area contributed by atoms with Gasteiger partial charge in [0.2, 0.25) is 11.7 Å². The molecule has 0 N–H and O–H groups in total. The Kier molecular flexibility index (Phi) is 6.54. The summed E-state index contributed by atoms with van der Waals surface area (Å²) in [6.07, 6.45) is 0. The molecule has 29 heavy (non-hydrogen) atoms. The standard InChI is InChI=1S/C22H24ClN3O3/c1-14(2)16-10-9-15(3)11-19(16)28-13-21(27)26(4)12-20-24-22(25-29-20)17-7-5-6-8-18(17)23/h5-11,14H,12-13H2,1-4H3. The predicted molar refractivity (Wildman–Crippen MR) is 112 cm³/mol. The van der Waals surface area contributed by atoms with Gasteiger partial charge in [0, 0.05) is 12.6 Å². The van der Waals surface area contributed by atoms with E-state index in [4.69, 9.17) is 20.9 Å². The van der Waals surface area contributed by atoms with E-state index in [1.165, 1.54) is 4.90 Å². The fourth-order valence-electron chi connectivity index (χ4n) is 2.86. The monoisotopic (exact) mass is 413 g/mol. The first-order valence-electron chi connectivity index (χ1n) is 9.40. The van der Waals surface area contributed by atoms with Crippen LogP contribution in [-0.2, 0) is 11.3 Å². The Morgan fingerprint density at radius 2 is 2.00 bits per heavy atom. The van der Waals surface area contributed by atoms with Gasteiger partial charge in [-0.3, -0.25) is 4.79 Å². The zero-order valence-corrected chi connectivity index (χ0v) is 17.7. The van der Waals surface area contributed by atoms with Gasteiger partial charge < -0.3 is 14.2 Å². The summed E-state index contributed by atoms with van der Waals surface area (Å²) in [4.78, 5) is 18.3. The first-order valence-corrected chi connectivity index (χ1v) is 9.77. The van der Waals surface area contributed by atoms with E-state index >= 15 is 0 Å². The predicted octanol–water partition coefficient (Wildman–Crippen LogP) is 4.86. The van der Waals surface area contributed by atoms with E-state index in [2.05, 4.69) is 24.0 Å². The zero-order valence-electron chi connectivity index (χ0n) is 17.0. The van der Waals surface area contributed by atoms with Gasteiger partial charge in [0.15, 0.2) is 6.61 Å². The summed E-state index contributed by atoms with van der Waals surface area (Å²) >= 11 is 6.17. The van der Waals surface area contributed by atoms with Gasteiger partial charge in [-0.25, -0.2) is 0 Å². The van der Waals surface area contributed by atoms with Crippen LogP contribution in [0.15, 0.2) is 47.0 Å². The lowest BCUT2D eigenvalue weighted by molar-refractivity contribution is -0.132. The third kappa shape index (κ3) is 5.15. The number of hydrogen-bond donors (Lipinski definition) is 0. The molecule has 1 aromatic heterocycles. The van der Waals surface area contributed by atoms with Crippen LogP contribution < -0.4 is 4.74 Å². The number of halogens is 1. The molecule has 0 bridgehead atoms. The number of carbonyl (C=O) groups excluding carboxylic acids is 1. The number of nitrogens with zero attached hydrogens (tertiary/aromatic N) is 3. The molecule has 0 radical (unpaired) electrons. The minimum absolute atomic E-state index is 0.0643. The van der Waals surface area contributed by atoms with E-state index in [0.717, 1.165) is 16.9 Å². The van der Waals surface area contributed by atoms with Gasteiger partial charge in [0.05, 0.1) is 11.6 Å². The lowest BCUT2D eigenvalue weighted by Crippen LogP contribution is -2.31. The Morgan fingerprint density at radius 1 is 1.24 bits per heavy atom. The van der Waals surface area contributed by atoms with Crippen LogP contribution in [0.5, 0.6) is 5.75 Å². The number of aromatic nitrogens is 2. The van der Waals surface area contributed by atoms with E-state index < -0.39 is 0 Å². The highest BCUT2D eigenvalue weighted by Gasteiger charge is 2.17. The van der Waals surface area contributed by atoms with Gasteiger partial charge >= 0.3 is 0 Å². The lowest BCUT2D eigenvalue weighted by atomic mass is 10.0. The average molecular weight is 414 g/mol. The molecule has 0 aliphatic carbocycles. The van der Waals surface area contributed by atoms with E-state index in [-0.39, 0.29) is 19.1 Å². The molecule has 0 unspecified atom stereocenters. The van der Waals surface area contributed by atoms with Gasteiger partial charge in [0.25, 0.3) is 5.91 Å². The van der Waals surface area contributed by atoms with E-state index in [1.807, 2.05) is 43.3 Å². The normalized spacial score (nSPS) is 11.0. The van der Waals surface area contributed by atoms with Crippen molar-refractivity contribution >= 4 is 17.5 Å². The molecule has 0 fully saturated rings. The fraction of sp³-hybridized carbons (Fsp3) is 0.318. The molecule has 0 spiro atoms. The Morgan fingerprint density at radius 3 is 2.72 bits per heavy atom. The Hall–Kier alpha value is -2.86. The van der Waals surface area contributed by atoms with Gasteiger partial charge in [0.1, 0.15) is 5.75 Å². The van der Waals surface area contributed by atoms with Gasteiger partial charge in [-0.15, -0.1) is 0 Å². The molecular formula is C22H24ClN3O3. The zero-order chi connectivity index (χ0) is 21.0. The molecule has 1 amide bonds. The number of likely N-dealkylation sites (N-methyl/N-ethyl adjacent to an activating group) is 1. The molecule has 0 aliphatic heterocycles. The SMILES string of the molecule is Cc1ccc(C(C)C)c(OCC(=O)N(C)Cc2nc(-c3ccccc3Cl)no2)c1. The summed E-state index contributed by atoms with van der Waals surface area (Å²) in [7, 11) is 1.67. The molecule has 0 atom stereocenters. The summed E-state index contributed by atoms with van der Waals surface area (Å²) in [5, 5.41) is 4.49. The van der Waals surface area contributed by atoms with Crippen LogP contribution in [0.1, 0.15) is 36.8 Å². The van der Waals surface area contributed by atoms with E-state index in [1.54, 1.807) is 13.1 Å². The number of ether oxygens (including phenoxy) is 1. The van der Waals surface area contributed by atoms with Crippen molar-refractivity contribution in [1.82, 2.24) is 15.0 Å². The molecule has 0 saturated heterocycles. The highest BCUT2D eigenvalue weighted by Crippen LogP contribution is 2.28. The molecule has 1 heterocycles. The number of aryl methyl sites for hydroxylation is 1. The van der Waals surface area contributed by atoms with Crippen molar-refractivity contribution in [2.45, 2.75) is 33.2 Å². The molecule has 2 aromatic carbocycles. The molecule has 3 aromatic rings. The van der Waals surface area contributed by atoms with Crippen molar-refractivity contribution < 1.29 is 14.1 Å². The van der Waals surface area contributed by atoms with Crippen LogP contribution in [-0.4, -0.2) is 34.6 Å². The first-order chi connectivity index (χ1) is 13.8. The van der Waals surface area contributed by atoms with Crippen molar-refractivity contribution in [3.8, 4) is 17.1 Å². The van der Waals surface area contributed by atoms with Gasteiger partial charge in [-0.1, -0.05) is 54.9 Å². The van der Waals surface area contributed by atoms with Crippen LogP contribution in [0.2, 0.25) is 5.02 Å². The van der Waals surface area contributed by atoms with Gasteiger partial charge in [-0.2, -0.15) is 4.98 Å². The van der Waals surface area contributed by atoms with Crippen LogP contribution in [0, 0.1) is 6.92 Å². The van der Waals surface area contributed by atoms with Crippen LogP contribution >= 0.6 is 11.6 Å². The molecule has 0 aliphatic rings. The number of rotatable bonds is 7. The summed E-state index contributed by atoms with van der Waals surface area (Å²) in [6.45, 7) is 6.31. The highest BCUT2D eigenvalue weighted by atomic mass is 35.5. The maximum atomic E-state index is 12.5. The second kappa shape index (κ2) is 9.09. The van der Waals surface area contributed by atoms with Crippen molar-refractivity contribution in [3.05, 3.63) is 64.5 Å². The van der Waals surface area contributed by atoms with E-state index in [0.29, 0.717) is 28.2 Å². The summed E-state index contributed by atoms with van der Waals surface area (Å²) < 4.78 is 11.1. The molecular weight excluding hydrogens is 390 g/mol. The van der Waals surface area contributed by atoms with Crippen LogP contribution in [0.25, 0.3) is 11.4 Å². The Labute approximate surface area is 175 Å². The number of amides is 1. The molecule has 7 heteroatoms. The molecule has 0 saturated carbocycles. The van der Waals surface area contributed by atoms with Crippen molar-refractivity contribution in [2.75, 3.05) is 13.7 Å². The largest absolute Gasteiger partial charge is 0.483 e. The minimum atomic E-state index is -0.182. The van der Waals surface area contributed by atoms with Crippen molar-refractivity contribution in [2.24, 2.45) is 0 Å². The quantitative estimate of drug-likeness (QED) is 0.553. The molecule has 152 valence electrons. The number of carbonyl (C=O) groups is 1. The molecule has 3 rings (SSSR count). The van der Waals surface area contributed by atoms with Crippen molar-refractivity contribution in [3.63, 3.8) is 0 Å². The maximum Gasteiger partial charge on any atom is 0.260 e. The number of benzene rings is 2. The maximum absolute atomic E-state index is 12.5. The third-order valence-corrected chi connectivity index (χ3v) is 4.85. The van der Waals surface area contributed by atoms with Crippen LogP contribution in [0.3, 0.4) is 0 Å². The number of hydrogen-bond acceptors (Lipinski definition) is 5. The molecule has 6 nitrogen and oxygen atoms in total. The lowest BCUT2D eigenvalue weighted by Gasteiger charge is -2.18. The summed E-state index contributed by atoms with van der Waals surface area (Å²) in [5.41, 5.74) is 2.85. The minimum Gasteiger partial charge on any atom is -0.483 e. The summed E-state index contributed by atoms with van der Waals surface area (Å²) in [6, 6.07) is 13.3. The third-order valence-electron chi connectivity index (χ3n) is 4.52. The Bertz CT molecular complexity index is 1000. The van der Waals surface area contributed by atoms with Gasteiger partial charge in [-0.05, 0) is 42.2 Å². The Balaban J connectivity index is 1.62. The first kappa shape index (κ1) is 20.9. The second-order valence-corrected chi connectivity index (χ2v) is 7.63. The van der Waals surface area contributed by atoms with Crippen LogP contribution in [0.4, 0.5) is 0 Å².